The van der Waals surface area contributed by atoms with Crippen molar-refractivity contribution in [3.8, 4) is 11.8 Å². The standard InChI is InChI=1S/C22H21N3O4S/c1-3-28-22(27)18-12-24-19(30-18)13-25-21(26)15-7-5-9-17(10-15)29-20-14(2)6-4-8-16(20)11-23/h4-5,7-10,12,14H,3,6,13H2,1-2H3,(H,25,26). The second kappa shape index (κ2) is 9.85. The number of amides is 1. The Labute approximate surface area is 178 Å². The van der Waals surface area contributed by atoms with Crippen LogP contribution in [-0.2, 0) is 11.3 Å². The molecule has 0 spiro atoms. The fourth-order valence-electron chi connectivity index (χ4n) is 2.87. The summed E-state index contributed by atoms with van der Waals surface area (Å²) in [6, 6.07) is 8.93. The molecule has 2 aromatic rings. The van der Waals surface area contributed by atoms with Crippen LogP contribution in [-0.4, -0.2) is 23.5 Å². The highest BCUT2D eigenvalue weighted by Gasteiger charge is 2.19. The lowest BCUT2D eigenvalue weighted by atomic mass is 9.96. The molecule has 1 aliphatic carbocycles. The van der Waals surface area contributed by atoms with Gasteiger partial charge in [-0.05, 0) is 37.6 Å². The van der Waals surface area contributed by atoms with E-state index in [4.69, 9.17) is 9.47 Å². The number of esters is 1. The van der Waals surface area contributed by atoms with Crippen LogP contribution in [0.15, 0.2) is 53.9 Å². The molecular formula is C22H21N3O4S. The monoisotopic (exact) mass is 423 g/mol. The summed E-state index contributed by atoms with van der Waals surface area (Å²) in [4.78, 5) is 28.8. The van der Waals surface area contributed by atoms with E-state index in [1.165, 1.54) is 17.5 Å². The Morgan fingerprint density at radius 1 is 1.40 bits per heavy atom. The van der Waals surface area contributed by atoms with E-state index in [0.717, 1.165) is 6.42 Å². The van der Waals surface area contributed by atoms with E-state index in [-0.39, 0.29) is 18.4 Å². The first-order valence-corrected chi connectivity index (χ1v) is 10.3. The number of carbonyl (C=O) groups excluding carboxylic acids is 2. The Bertz CT molecular complexity index is 1050. The van der Waals surface area contributed by atoms with Gasteiger partial charge >= 0.3 is 5.97 Å². The zero-order valence-corrected chi connectivity index (χ0v) is 17.5. The van der Waals surface area contributed by atoms with Crippen LogP contribution in [0, 0.1) is 17.2 Å². The van der Waals surface area contributed by atoms with E-state index in [1.807, 2.05) is 13.0 Å². The number of nitriles is 1. The van der Waals surface area contributed by atoms with Gasteiger partial charge in [0, 0.05) is 11.5 Å². The average Bonchev–Trinajstić information content (AvgIpc) is 3.23. The molecule has 154 valence electrons. The summed E-state index contributed by atoms with van der Waals surface area (Å²) in [6.45, 7) is 4.22. The van der Waals surface area contributed by atoms with Crippen LogP contribution in [0.25, 0.3) is 0 Å². The van der Waals surface area contributed by atoms with Gasteiger partial charge in [0.25, 0.3) is 5.91 Å². The lowest BCUT2D eigenvalue weighted by molar-refractivity contribution is 0.0531. The number of rotatable bonds is 7. The summed E-state index contributed by atoms with van der Waals surface area (Å²) in [5.74, 6) is 0.466. The minimum absolute atomic E-state index is 0.0839. The Hall–Kier alpha value is -3.44. The first kappa shape index (κ1) is 21.3. The highest BCUT2D eigenvalue weighted by molar-refractivity contribution is 7.13. The van der Waals surface area contributed by atoms with Gasteiger partial charge in [0.2, 0.25) is 0 Å². The molecule has 1 amide bonds. The topological polar surface area (TPSA) is 101 Å². The minimum atomic E-state index is -0.421. The second-order valence-corrected chi connectivity index (χ2v) is 7.70. The fraction of sp³-hybridized carbons (Fsp3) is 0.273. The molecule has 0 saturated carbocycles. The first-order valence-electron chi connectivity index (χ1n) is 9.50. The van der Waals surface area contributed by atoms with Crippen molar-refractivity contribution in [1.82, 2.24) is 10.3 Å². The van der Waals surface area contributed by atoms with Gasteiger partial charge in [-0.1, -0.05) is 19.1 Å². The largest absolute Gasteiger partial charge is 0.462 e. The molecule has 1 aliphatic rings. The molecule has 0 radical (unpaired) electrons. The van der Waals surface area contributed by atoms with Crippen LogP contribution in [0.1, 0.15) is 45.3 Å². The Morgan fingerprint density at radius 3 is 3.00 bits per heavy atom. The molecule has 1 atom stereocenters. The Morgan fingerprint density at radius 2 is 2.23 bits per heavy atom. The predicted octanol–water partition coefficient (Wildman–Crippen LogP) is 4.00. The number of ether oxygens (including phenoxy) is 2. The summed E-state index contributed by atoms with van der Waals surface area (Å²) in [5, 5.41) is 12.7. The number of hydrogen-bond acceptors (Lipinski definition) is 7. The van der Waals surface area contributed by atoms with Gasteiger partial charge in [0.05, 0.1) is 24.9 Å². The number of allylic oxidation sites excluding steroid dienone is 4. The molecular weight excluding hydrogens is 402 g/mol. The summed E-state index contributed by atoms with van der Waals surface area (Å²) in [5.41, 5.74) is 0.914. The van der Waals surface area contributed by atoms with E-state index >= 15 is 0 Å². The number of hydrogen-bond donors (Lipinski definition) is 1. The third-order valence-corrected chi connectivity index (χ3v) is 5.34. The van der Waals surface area contributed by atoms with Crippen molar-refractivity contribution in [2.45, 2.75) is 26.8 Å². The maximum atomic E-state index is 12.5. The van der Waals surface area contributed by atoms with Crippen molar-refractivity contribution >= 4 is 23.2 Å². The molecule has 1 unspecified atom stereocenters. The second-order valence-electron chi connectivity index (χ2n) is 6.58. The van der Waals surface area contributed by atoms with E-state index in [1.54, 1.807) is 37.3 Å². The van der Waals surface area contributed by atoms with E-state index < -0.39 is 5.97 Å². The fourth-order valence-corrected chi connectivity index (χ4v) is 3.62. The van der Waals surface area contributed by atoms with Crippen LogP contribution in [0.2, 0.25) is 0 Å². The number of thiazole rings is 1. The molecule has 7 nitrogen and oxygen atoms in total. The van der Waals surface area contributed by atoms with Gasteiger partial charge in [0.1, 0.15) is 27.5 Å². The third-order valence-electron chi connectivity index (χ3n) is 4.36. The first-order chi connectivity index (χ1) is 14.5. The molecule has 0 fully saturated rings. The van der Waals surface area contributed by atoms with Crippen molar-refractivity contribution in [3.05, 3.63) is 69.4 Å². The van der Waals surface area contributed by atoms with E-state index in [9.17, 15) is 14.9 Å². The van der Waals surface area contributed by atoms with Crippen LogP contribution >= 0.6 is 11.3 Å². The molecule has 8 heteroatoms. The van der Waals surface area contributed by atoms with Crippen LogP contribution in [0.5, 0.6) is 5.75 Å². The SMILES string of the molecule is CCOC(=O)c1cnc(CNC(=O)c2cccc(OC3=C(C#N)C=CCC3C)c2)s1. The van der Waals surface area contributed by atoms with Gasteiger partial charge in [-0.25, -0.2) is 9.78 Å². The maximum Gasteiger partial charge on any atom is 0.349 e. The van der Waals surface area contributed by atoms with E-state index in [0.29, 0.717) is 39.1 Å². The zero-order chi connectivity index (χ0) is 21.5. The lowest BCUT2D eigenvalue weighted by Gasteiger charge is -2.20. The van der Waals surface area contributed by atoms with Crippen molar-refractivity contribution in [3.63, 3.8) is 0 Å². The number of carbonyl (C=O) groups is 2. The molecule has 1 heterocycles. The zero-order valence-electron chi connectivity index (χ0n) is 16.7. The average molecular weight is 423 g/mol. The number of nitrogens with zero attached hydrogens (tertiary/aromatic N) is 2. The Kier molecular flexibility index (Phi) is 6.99. The van der Waals surface area contributed by atoms with Crippen molar-refractivity contribution in [1.29, 1.82) is 5.26 Å². The molecule has 0 saturated heterocycles. The van der Waals surface area contributed by atoms with Crippen LogP contribution in [0.4, 0.5) is 0 Å². The molecule has 0 bridgehead atoms. The Balaban J connectivity index is 1.65. The normalized spacial score (nSPS) is 15.4. The molecule has 0 aliphatic heterocycles. The highest BCUT2D eigenvalue weighted by atomic mass is 32.1. The van der Waals surface area contributed by atoms with Gasteiger partial charge < -0.3 is 14.8 Å². The molecule has 3 rings (SSSR count). The summed E-state index contributed by atoms with van der Waals surface area (Å²) in [6.07, 6.45) is 5.94. The molecule has 1 aromatic heterocycles. The molecule has 1 aromatic carbocycles. The predicted molar refractivity (Wildman–Crippen MR) is 112 cm³/mol. The highest BCUT2D eigenvalue weighted by Crippen LogP contribution is 2.28. The van der Waals surface area contributed by atoms with Crippen LogP contribution in [0.3, 0.4) is 0 Å². The van der Waals surface area contributed by atoms with Gasteiger partial charge in [-0.2, -0.15) is 5.26 Å². The number of nitrogens with one attached hydrogen (secondary N) is 1. The molecule has 1 N–H and O–H groups in total. The smallest absolute Gasteiger partial charge is 0.349 e. The number of aromatic nitrogens is 1. The minimum Gasteiger partial charge on any atom is -0.462 e. The van der Waals surface area contributed by atoms with Crippen molar-refractivity contribution in [2.75, 3.05) is 6.61 Å². The van der Waals surface area contributed by atoms with Crippen LogP contribution < -0.4 is 10.1 Å². The third kappa shape index (κ3) is 5.13. The summed E-state index contributed by atoms with van der Waals surface area (Å²) >= 11 is 1.18. The lowest BCUT2D eigenvalue weighted by Crippen LogP contribution is -2.22. The quantitative estimate of drug-likeness (QED) is 0.676. The molecule has 30 heavy (non-hydrogen) atoms. The summed E-state index contributed by atoms with van der Waals surface area (Å²) in [7, 11) is 0. The van der Waals surface area contributed by atoms with Gasteiger partial charge in [-0.3, -0.25) is 4.79 Å². The van der Waals surface area contributed by atoms with E-state index in [2.05, 4.69) is 16.4 Å². The van der Waals surface area contributed by atoms with Gasteiger partial charge in [-0.15, -0.1) is 11.3 Å². The number of benzene rings is 1. The maximum absolute atomic E-state index is 12.5. The van der Waals surface area contributed by atoms with Crippen molar-refractivity contribution in [2.24, 2.45) is 5.92 Å². The summed E-state index contributed by atoms with van der Waals surface area (Å²) < 4.78 is 10.9. The van der Waals surface area contributed by atoms with Gasteiger partial charge in [0.15, 0.2) is 0 Å². The van der Waals surface area contributed by atoms with Crippen molar-refractivity contribution < 1.29 is 19.1 Å².